The number of amides is 2. The van der Waals surface area contributed by atoms with E-state index in [9.17, 15) is 9.59 Å². The predicted molar refractivity (Wildman–Crippen MR) is 126 cm³/mol. The molecule has 0 bridgehead atoms. The van der Waals surface area contributed by atoms with Gasteiger partial charge in [0.15, 0.2) is 0 Å². The normalized spacial score (nSPS) is 15.8. The number of likely N-dealkylation sites (tertiary alicyclic amines) is 1. The van der Waals surface area contributed by atoms with Crippen LogP contribution in [-0.4, -0.2) is 46.9 Å². The first-order chi connectivity index (χ1) is 16.0. The van der Waals surface area contributed by atoms with Gasteiger partial charge >= 0.3 is 0 Å². The third kappa shape index (κ3) is 5.53. The van der Waals surface area contributed by atoms with Crippen LogP contribution in [0.5, 0.6) is 5.75 Å². The minimum absolute atomic E-state index is 0.0587. The van der Waals surface area contributed by atoms with Gasteiger partial charge in [-0.05, 0) is 62.7 Å². The Balaban J connectivity index is 1.40. The largest absolute Gasteiger partial charge is 0.497 e. The zero-order valence-electron chi connectivity index (χ0n) is 18.7. The standard InChI is InChI=1S/C25H27N5O3/c1-17-21(25(32)29-18-7-4-3-5-8-18)15-26-24(27-17)22-9-6-14-30(22)16-23(31)28-19-10-12-20(33-2)13-11-19/h3-5,7-8,10-13,15,22H,6,9,14,16H2,1-2H3,(H,28,31)(H,29,32). The fourth-order valence-electron chi connectivity index (χ4n) is 3.96. The molecule has 1 saturated heterocycles. The number of aryl methyl sites for hydroxylation is 1. The molecule has 0 saturated carbocycles. The number of aromatic nitrogens is 2. The molecular formula is C25H27N5O3. The molecule has 33 heavy (non-hydrogen) atoms. The molecule has 1 fully saturated rings. The number of rotatable bonds is 7. The first-order valence-electron chi connectivity index (χ1n) is 10.9. The minimum atomic E-state index is -0.243. The van der Waals surface area contributed by atoms with Crippen molar-refractivity contribution in [1.29, 1.82) is 0 Å². The second-order valence-electron chi connectivity index (χ2n) is 7.95. The summed E-state index contributed by atoms with van der Waals surface area (Å²) < 4.78 is 5.15. The van der Waals surface area contributed by atoms with Crippen molar-refractivity contribution in [3.8, 4) is 5.75 Å². The van der Waals surface area contributed by atoms with Crippen LogP contribution in [0, 0.1) is 6.92 Å². The third-order valence-corrected chi connectivity index (χ3v) is 5.66. The van der Waals surface area contributed by atoms with E-state index in [1.807, 2.05) is 42.5 Å². The molecule has 1 aliphatic rings. The molecule has 1 aliphatic heterocycles. The minimum Gasteiger partial charge on any atom is -0.497 e. The maximum atomic E-state index is 12.6. The Labute approximate surface area is 193 Å². The van der Waals surface area contributed by atoms with Crippen LogP contribution in [-0.2, 0) is 4.79 Å². The summed E-state index contributed by atoms with van der Waals surface area (Å²) in [5.74, 6) is 1.04. The molecule has 0 radical (unpaired) electrons. The van der Waals surface area contributed by atoms with Crippen molar-refractivity contribution in [3.05, 3.63) is 77.9 Å². The van der Waals surface area contributed by atoms with Gasteiger partial charge in [0.25, 0.3) is 5.91 Å². The smallest absolute Gasteiger partial charge is 0.259 e. The number of carbonyl (C=O) groups is 2. The molecule has 170 valence electrons. The van der Waals surface area contributed by atoms with Crippen LogP contribution in [0.2, 0.25) is 0 Å². The fraction of sp³-hybridized carbons (Fsp3) is 0.280. The molecular weight excluding hydrogens is 418 g/mol. The molecule has 1 unspecified atom stereocenters. The SMILES string of the molecule is COc1ccc(NC(=O)CN2CCCC2c2ncc(C(=O)Nc3ccccc3)c(C)n2)cc1. The third-order valence-electron chi connectivity index (χ3n) is 5.66. The highest BCUT2D eigenvalue weighted by atomic mass is 16.5. The summed E-state index contributed by atoms with van der Waals surface area (Å²) >= 11 is 0. The molecule has 2 amide bonds. The number of benzene rings is 2. The van der Waals surface area contributed by atoms with Crippen LogP contribution in [0.25, 0.3) is 0 Å². The second kappa shape index (κ2) is 10.2. The van der Waals surface area contributed by atoms with E-state index in [1.165, 1.54) is 0 Å². The number of methoxy groups -OCH3 is 1. The maximum Gasteiger partial charge on any atom is 0.259 e. The Bertz CT molecular complexity index is 1120. The topological polar surface area (TPSA) is 96.5 Å². The molecule has 2 N–H and O–H groups in total. The lowest BCUT2D eigenvalue weighted by Gasteiger charge is -2.23. The van der Waals surface area contributed by atoms with E-state index >= 15 is 0 Å². The number of para-hydroxylation sites is 1. The molecule has 8 nitrogen and oxygen atoms in total. The van der Waals surface area contributed by atoms with Gasteiger partial charge in [0.2, 0.25) is 5.91 Å². The van der Waals surface area contributed by atoms with Crippen molar-refractivity contribution in [1.82, 2.24) is 14.9 Å². The lowest BCUT2D eigenvalue weighted by atomic mass is 10.1. The summed E-state index contributed by atoms with van der Waals surface area (Å²) in [5, 5.41) is 5.78. The van der Waals surface area contributed by atoms with E-state index in [2.05, 4.69) is 25.5 Å². The summed E-state index contributed by atoms with van der Waals surface area (Å²) in [7, 11) is 1.60. The van der Waals surface area contributed by atoms with Crippen LogP contribution in [0.15, 0.2) is 60.8 Å². The van der Waals surface area contributed by atoms with Crippen molar-refractivity contribution in [3.63, 3.8) is 0 Å². The summed E-state index contributed by atoms with van der Waals surface area (Å²) in [5.41, 5.74) is 2.49. The van der Waals surface area contributed by atoms with Crippen molar-refractivity contribution < 1.29 is 14.3 Å². The van der Waals surface area contributed by atoms with Crippen LogP contribution < -0.4 is 15.4 Å². The van der Waals surface area contributed by atoms with E-state index in [1.54, 1.807) is 32.4 Å². The van der Waals surface area contributed by atoms with Gasteiger partial charge in [0, 0.05) is 17.6 Å². The van der Waals surface area contributed by atoms with Crippen LogP contribution in [0.1, 0.15) is 40.8 Å². The zero-order valence-corrected chi connectivity index (χ0v) is 18.7. The van der Waals surface area contributed by atoms with E-state index < -0.39 is 0 Å². The van der Waals surface area contributed by atoms with E-state index in [0.29, 0.717) is 17.1 Å². The zero-order chi connectivity index (χ0) is 23.2. The summed E-state index contributed by atoms with van der Waals surface area (Å²) in [6, 6.07) is 16.4. The van der Waals surface area contributed by atoms with Crippen molar-refractivity contribution in [2.24, 2.45) is 0 Å². The predicted octanol–water partition coefficient (Wildman–Crippen LogP) is 3.82. The number of anilines is 2. The van der Waals surface area contributed by atoms with Gasteiger partial charge in [-0.3, -0.25) is 14.5 Å². The van der Waals surface area contributed by atoms with Gasteiger partial charge in [0.1, 0.15) is 11.6 Å². The molecule has 1 aromatic heterocycles. The number of hydrogen-bond donors (Lipinski definition) is 2. The van der Waals surface area contributed by atoms with Gasteiger partial charge in [0.05, 0.1) is 31.0 Å². The fourth-order valence-corrected chi connectivity index (χ4v) is 3.96. The Morgan fingerprint density at radius 1 is 1.06 bits per heavy atom. The van der Waals surface area contributed by atoms with Gasteiger partial charge < -0.3 is 15.4 Å². The molecule has 1 atom stereocenters. The van der Waals surface area contributed by atoms with E-state index in [0.717, 1.165) is 36.5 Å². The average molecular weight is 446 g/mol. The van der Waals surface area contributed by atoms with Gasteiger partial charge in [-0.1, -0.05) is 18.2 Å². The number of carbonyl (C=O) groups excluding carboxylic acids is 2. The van der Waals surface area contributed by atoms with Gasteiger partial charge in [-0.15, -0.1) is 0 Å². The van der Waals surface area contributed by atoms with E-state index in [4.69, 9.17) is 4.74 Å². The first-order valence-corrected chi connectivity index (χ1v) is 10.9. The number of nitrogens with zero attached hydrogens (tertiary/aromatic N) is 3. The molecule has 4 rings (SSSR count). The Morgan fingerprint density at radius 2 is 1.79 bits per heavy atom. The first kappa shape index (κ1) is 22.4. The van der Waals surface area contributed by atoms with Crippen LogP contribution in [0.3, 0.4) is 0 Å². The summed E-state index contributed by atoms with van der Waals surface area (Å²) in [6.45, 7) is 2.84. The Hall–Kier alpha value is -3.78. The van der Waals surface area contributed by atoms with Crippen molar-refractivity contribution in [2.75, 3.05) is 30.8 Å². The Kier molecular flexibility index (Phi) is 6.95. The van der Waals surface area contributed by atoms with Gasteiger partial charge in [-0.25, -0.2) is 9.97 Å². The van der Waals surface area contributed by atoms with E-state index in [-0.39, 0.29) is 24.4 Å². The van der Waals surface area contributed by atoms with Crippen LogP contribution >= 0.6 is 0 Å². The monoisotopic (exact) mass is 445 g/mol. The highest BCUT2D eigenvalue weighted by Gasteiger charge is 2.30. The molecule has 2 aromatic carbocycles. The van der Waals surface area contributed by atoms with Gasteiger partial charge in [-0.2, -0.15) is 0 Å². The average Bonchev–Trinajstić information content (AvgIpc) is 3.28. The maximum absolute atomic E-state index is 12.6. The van der Waals surface area contributed by atoms with Crippen molar-refractivity contribution in [2.45, 2.75) is 25.8 Å². The molecule has 2 heterocycles. The quantitative estimate of drug-likeness (QED) is 0.574. The summed E-state index contributed by atoms with van der Waals surface area (Å²) in [6.07, 6.45) is 3.40. The molecule has 0 aliphatic carbocycles. The van der Waals surface area contributed by atoms with Crippen LogP contribution in [0.4, 0.5) is 11.4 Å². The lowest BCUT2D eigenvalue weighted by Crippen LogP contribution is -2.33. The van der Waals surface area contributed by atoms with Crippen molar-refractivity contribution >= 4 is 23.2 Å². The number of hydrogen-bond acceptors (Lipinski definition) is 6. The molecule has 0 spiro atoms. The highest BCUT2D eigenvalue weighted by molar-refractivity contribution is 6.04. The second-order valence-corrected chi connectivity index (χ2v) is 7.95. The lowest BCUT2D eigenvalue weighted by molar-refractivity contribution is -0.117. The molecule has 3 aromatic rings. The summed E-state index contributed by atoms with van der Waals surface area (Å²) in [4.78, 5) is 36.4. The number of nitrogens with one attached hydrogen (secondary N) is 2. The molecule has 8 heteroatoms. The number of ether oxygens (including phenoxy) is 1. The highest BCUT2D eigenvalue weighted by Crippen LogP contribution is 2.30. The Morgan fingerprint density at radius 3 is 2.48 bits per heavy atom.